The summed E-state index contributed by atoms with van der Waals surface area (Å²) < 4.78 is 48.4. The van der Waals surface area contributed by atoms with Gasteiger partial charge in [-0.15, -0.1) is 0 Å². The number of hydrogen-bond acceptors (Lipinski definition) is 5. The van der Waals surface area contributed by atoms with Crippen molar-refractivity contribution in [2.75, 3.05) is 19.7 Å². The number of carbonyl (C=O) groups is 2. The molecule has 32 heavy (non-hydrogen) atoms. The first-order chi connectivity index (χ1) is 15.2. The molecule has 1 aliphatic heterocycles. The third kappa shape index (κ3) is 4.94. The van der Waals surface area contributed by atoms with Crippen molar-refractivity contribution < 1.29 is 27.1 Å². The summed E-state index contributed by atoms with van der Waals surface area (Å²) >= 11 is 0. The van der Waals surface area contributed by atoms with E-state index >= 15 is 0 Å². The van der Waals surface area contributed by atoms with Crippen molar-refractivity contribution in [1.29, 1.82) is 0 Å². The number of esters is 1. The monoisotopic (exact) mass is 464 g/mol. The predicted octanol–water partition coefficient (Wildman–Crippen LogP) is 3.87. The average molecular weight is 465 g/mol. The van der Waals surface area contributed by atoms with Crippen LogP contribution in [0, 0.1) is 19.7 Å². The molecule has 0 amide bonds. The van der Waals surface area contributed by atoms with Crippen LogP contribution in [0.15, 0.2) is 29.2 Å². The van der Waals surface area contributed by atoms with Crippen LogP contribution in [0.1, 0.15) is 64.7 Å². The van der Waals surface area contributed by atoms with Gasteiger partial charge in [-0.1, -0.05) is 13.3 Å². The Labute approximate surface area is 188 Å². The first kappa shape index (κ1) is 24.1. The summed E-state index contributed by atoms with van der Waals surface area (Å²) in [5.74, 6) is -2.15. The van der Waals surface area contributed by atoms with Crippen LogP contribution in [0.4, 0.5) is 4.39 Å². The fourth-order valence-corrected chi connectivity index (χ4v) is 5.62. The highest BCUT2D eigenvalue weighted by Gasteiger charge is 2.29. The summed E-state index contributed by atoms with van der Waals surface area (Å²) in [4.78, 5) is 24.5. The molecule has 1 saturated heterocycles. The zero-order valence-electron chi connectivity index (χ0n) is 18.7. The lowest BCUT2D eigenvalue weighted by atomic mass is 10.1. The van der Waals surface area contributed by atoms with Crippen LogP contribution in [0.3, 0.4) is 0 Å². The number of ether oxygens (including phenoxy) is 1. The fourth-order valence-electron chi connectivity index (χ4n) is 4.02. The number of rotatable bonds is 8. The summed E-state index contributed by atoms with van der Waals surface area (Å²) in [6.07, 6.45) is 3.27. The smallest absolute Gasteiger partial charge is 0.338 e. The van der Waals surface area contributed by atoms with Gasteiger partial charge in [-0.05, 0) is 57.4 Å². The Morgan fingerprint density at radius 2 is 1.78 bits per heavy atom. The Balaban J connectivity index is 1.74. The van der Waals surface area contributed by atoms with Crippen molar-refractivity contribution in [3.63, 3.8) is 0 Å². The normalized spacial score (nSPS) is 15.0. The number of halogens is 1. The number of hydrogen-bond donors (Lipinski definition) is 0. The molecule has 0 radical (unpaired) electrons. The van der Waals surface area contributed by atoms with E-state index in [9.17, 15) is 22.4 Å². The van der Waals surface area contributed by atoms with Crippen molar-refractivity contribution in [1.82, 2.24) is 8.87 Å². The van der Waals surface area contributed by atoms with E-state index in [-0.39, 0.29) is 11.3 Å². The molecule has 0 aliphatic carbocycles. The molecule has 1 fully saturated rings. The maximum Gasteiger partial charge on any atom is 0.338 e. The third-order valence-corrected chi connectivity index (χ3v) is 7.67. The maximum absolute atomic E-state index is 14.4. The van der Waals surface area contributed by atoms with E-state index in [0.717, 1.165) is 49.0 Å². The number of carbonyl (C=O) groups excluding carboxylic acids is 2. The highest BCUT2D eigenvalue weighted by molar-refractivity contribution is 7.89. The van der Waals surface area contributed by atoms with Gasteiger partial charge in [0, 0.05) is 36.6 Å². The maximum atomic E-state index is 14.4. The van der Waals surface area contributed by atoms with Crippen LogP contribution in [0.2, 0.25) is 0 Å². The van der Waals surface area contributed by atoms with Crippen LogP contribution >= 0.6 is 0 Å². The number of aryl methyl sites for hydroxylation is 1. The van der Waals surface area contributed by atoms with Crippen LogP contribution in [0.5, 0.6) is 0 Å². The SMILES string of the molecule is CCCn1c(C)cc(C(=O)COC(=O)c2ccc(F)c(S(=O)(=O)N3CCCCC3)c2)c1C. The number of Topliss-reactive ketones (excluding diaryl/α,β-unsaturated/α-hetero) is 1. The molecule has 1 aromatic heterocycles. The molecule has 0 atom stereocenters. The highest BCUT2D eigenvalue weighted by atomic mass is 32.2. The summed E-state index contributed by atoms with van der Waals surface area (Å²) in [6.45, 7) is 6.74. The zero-order valence-corrected chi connectivity index (χ0v) is 19.5. The molecule has 0 unspecified atom stereocenters. The predicted molar refractivity (Wildman–Crippen MR) is 118 cm³/mol. The second-order valence-electron chi connectivity index (χ2n) is 8.05. The Kier molecular flexibility index (Phi) is 7.51. The molecule has 2 aromatic rings. The number of sulfonamides is 1. The van der Waals surface area contributed by atoms with E-state index in [4.69, 9.17) is 4.74 Å². The minimum absolute atomic E-state index is 0.119. The Morgan fingerprint density at radius 1 is 1.09 bits per heavy atom. The minimum Gasteiger partial charge on any atom is -0.454 e. The van der Waals surface area contributed by atoms with Crippen molar-refractivity contribution >= 4 is 21.8 Å². The van der Waals surface area contributed by atoms with Crippen LogP contribution in [-0.4, -0.2) is 48.7 Å². The molecule has 1 aromatic carbocycles. The number of ketones is 1. The van der Waals surface area contributed by atoms with Crippen molar-refractivity contribution in [3.8, 4) is 0 Å². The lowest BCUT2D eigenvalue weighted by molar-refractivity contribution is 0.0474. The fraction of sp³-hybridized carbons (Fsp3) is 0.478. The first-order valence-electron chi connectivity index (χ1n) is 10.8. The molecular weight excluding hydrogens is 435 g/mol. The van der Waals surface area contributed by atoms with Crippen LogP contribution in [-0.2, 0) is 21.3 Å². The van der Waals surface area contributed by atoms with E-state index in [1.54, 1.807) is 6.07 Å². The van der Waals surface area contributed by atoms with E-state index < -0.39 is 33.3 Å². The molecule has 0 saturated carbocycles. The number of piperidine rings is 1. The molecule has 174 valence electrons. The van der Waals surface area contributed by atoms with Crippen molar-refractivity contribution in [2.24, 2.45) is 0 Å². The molecule has 3 rings (SSSR count). The molecule has 1 aliphatic rings. The largest absolute Gasteiger partial charge is 0.454 e. The van der Waals surface area contributed by atoms with Gasteiger partial charge in [-0.3, -0.25) is 4.79 Å². The first-order valence-corrected chi connectivity index (χ1v) is 12.3. The number of aromatic nitrogens is 1. The van der Waals surface area contributed by atoms with Crippen LogP contribution in [0.25, 0.3) is 0 Å². The van der Waals surface area contributed by atoms with E-state index in [1.165, 1.54) is 4.31 Å². The van der Waals surface area contributed by atoms with Gasteiger partial charge < -0.3 is 9.30 Å². The van der Waals surface area contributed by atoms with E-state index in [2.05, 4.69) is 0 Å². The Hall–Kier alpha value is -2.52. The standard InChI is InChI=1S/C23H29FN2O5S/c1-4-10-26-16(2)13-19(17(26)3)21(27)15-31-23(28)18-8-9-20(24)22(14-18)32(29,30)25-11-6-5-7-12-25/h8-9,13-14H,4-7,10-12,15H2,1-3H3. The molecule has 9 heteroatoms. The number of nitrogens with zero attached hydrogens (tertiary/aromatic N) is 2. The zero-order chi connectivity index (χ0) is 23.5. The van der Waals surface area contributed by atoms with E-state index in [1.807, 2.05) is 25.3 Å². The summed E-state index contributed by atoms with van der Waals surface area (Å²) in [5.41, 5.74) is 2.12. The van der Waals surface area contributed by atoms with Gasteiger partial charge in [-0.2, -0.15) is 4.31 Å². The van der Waals surface area contributed by atoms with Crippen molar-refractivity contribution in [3.05, 3.63) is 52.6 Å². The molecule has 0 spiro atoms. The molecule has 2 heterocycles. The van der Waals surface area contributed by atoms with Gasteiger partial charge in [0.25, 0.3) is 0 Å². The van der Waals surface area contributed by atoms with Crippen LogP contribution < -0.4 is 0 Å². The van der Waals surface area contributed by atoms with Gasteiger partial charge in [-0.25, -0.2) is 17.6 Å². The van der Waals surface area contributed by atoms with Gasteiger partial charge in [0.2, 0.25) is 15.8 Å². The molecule has 0 N–H and O–H groups in total. The Bertz CT molecular complexity index is 1120. The lowest BCUT2D eigenvalue weighted by Crippen LogP contribution is -2.36. The minimum atomic E-state index is -4.06. The summed E-state index contributed by atoms with van der Waals surface area (Å²) in [5, 5.41) is 0. The van der Waals surface area contributed by atoms with E-state index in [0.29, 0.717) is 31.5 Å². The molecule has 7 nitrogen and oxygen atoms in total. The molecule has 0 bridgehead atoms. The third-order valence-electron chi connectivity index (χ3n) is 5.76. The Morgan fingerprint density at radius 3 is 2.44 bits per heavy atom. The second kappa shape index (κ2) is 9.95. The van der Waals surface area contributed by atoms with Crippen molar-refractivity contribution in [2.45, 2.75) is 57.9 Å². The van der Waals surface area contributed by atoms with Gasteiger partial charge in [0.1, 0.15) is 10.7 Å². The van der Waals surface area contributed by atoms with Gasteiger partial charge in [0.15, 0.2) is 6.61 Å². The summed E-state index contributed by atoms with van der Waals surface area (Å²) in [6, 6.07) is 4.85. The highest BCUT2D eigenvalue weighted by Crippen LogP contribution is 2.24. The lowest BCUT2D eigenvalue weighted by Gasteiger charge is -2.26. The quantitative estimate of drug-likeness (QED) is 0.437. The van der Waals surface area contributed by atoms with Gasteiger partial charge >= 0.3 is 5.97 Å². The second-order valence-corrected chi connectivity index (χ2v) is 9.95. The average Bonchev–Trinajstić information content (AvgIpc) is 3.06. The van der Waals surface area contributed by atoms with Gasteiger partial charge in [0.05, 0.1) is 5.56 Å². The topological polar surface area (TPSA) is 85.7 Å². The summed E-state index contributed by atoms with van der Waals surface area (Å²) in [7, 11) is -4.06. The number of benzene rings is 1. The molecular formula is C23H29FN2O5S.